The average molecular weight is 421 g/mol. The molecule has 30 heavy (non-hydrogen) atoms. The van der Waals surface area contributed by atoms with Crippen LogP contribution in [0.5, 0.6) is 5.75 Å². The highest BCUT2D eigenvalue weighted by Crippen LogP contribution is 2.46. The average Bonchev–Trinajstić information content (AvgIpc) is 2.99. The summed E-state index contributed by atoms with van der Waals surface area (Å²) in [6, 6.07) is 13.7. The van der Waals surface area contributed by atoms with Gasteiger partial charge < -0.3 is 10.1 Å². The normalized spacial score (nSPS) is 18.1. The number of nitrogens with one attached hydrogen (secondary N) is 1. The number of halogens is 1. The van der Waals surface area contributed by atoms with E-state index in [1.807, 2.05) is 38.1 Å². The van der Waals surface area contributed by atoms with Gasteiger partial charge in [0.05, 0.1) is 21.9 Å². The zero-order chi connectivity index (χ0) is 21.3. The predicted molar refractivity (Wildman–Crippen MR) is 117 cm³/mol. The molecule has 1 aliphatic rings. The van der Waals surface area contributed by atoms with Gasteiger partial charge >= 0.3 is 0 Å². The third-order valence-electron chi connectivity index (χ3n) is 4.90. The molecule has 0 aliphatic carbocycles. The van der Waals surface area contributed by atoms with Crippen LogP contribution in [0.2, 0.25) is 0 Å². The van der Waals surface area contributed by atoms with E-state index in [0.29, 0.717) is 17.3 Å². The second-order valence-electron chi connectivity index (χ2n) is 6.95. The zero-order valence-electron chi connectivity index (χ0n) is 16.6. The topological polar surface area (TPSA) is 56.1 Å². The number of aromatic nitrogens is 2. The van der Waals surface area contributed by atoms with Crippen molar-refractivity contribution < 1.29 is 13.9 Å². The first-order valence-corrected chi connectivity index (χ1v) is 10.4. The molecule has 152 valence electrons. The molecule has 2 aromatic carbocycles. The number of aryl methyl sites for hydroxylation is 1. The molecular formula is C23H20FN3O2S. The Morgan fingerprint density at radius 2 is 1.93 bits per heavy atom. The minimum atomic E-state index is -0.327. The van der Waals surface area contributed by atoms with Crippen LogP contribution < -0.4 is 10.1 Å². The lowest BCUT2D eigenvalue weighted by Gasteiger charge is -2.18. The maximum atomic E-state index is 13.4. The fraction of sp³-hybridized carbons (Fsp3) is 0.217. The molecule has 7 heteroatoms. The largest absolute Gasteiger partial charge is 0.481 e. The van der Waals surface area contributed by atoms with Crippen molar-refractivity contribution in [2.24, 2.45) is 0 Å². The first-order valence-electron chi connectivity index (χ1n) is 9.46. The Morgan fingerprint density at radius 3 is 2.60 bits per heavy atom. The summed E-state index contributed by atoms with van der Waals surface area (Å²) >= 11 is 1.56. The molecule has 0 spiro atoms. The van der Waals surface area contributed by atoms with Gasteiger partial charge in [-0.25, -0.2) is 9.07 Å². The quantitative estimate of drug-likeness (QED) is 0.631. The number of carbonyl (C=O) groups is 1. The molecule has 2 atom stereocenters. The highest BCUT2D eigenvalue weighted by molar-refractivity contribution is 8.01. The lowest BCUT2D eigenvalue weighted by Crippen LogP contribution is -2.22. The van der Waals surface area contributed by atoms with Crippen LogP contribution in [0.4, 0.5) is 10.2 Å². The summed E-state index contributed by atoms with van der Waals surface area (Å²) in [6.07, 6.45) is 5.25. The number of benzene rings is 2. The monoisotopic (exact) mass is 421 g/mol. The number of nitrogens with zero attached hydrogens (tertiary/aromatic N) is 2. The third kappa shape index (κ3) is 3.79. The SMILES string of the molecule is C#CCOc1ccc([C@H]2S[C@@H](C)C(=O)Nc3c2c(C)nn3-c2ccc(F)cc2)cc1. The minimum Gasteiger partial charge on any atom is -0.481 e. The van der Waals surface area contributed by atoms with Crippen molar-refractivity contribution in [2.75, 3.05) is 11.9 Å². The molecule has 0 saturated carbocycles. The fourth-order valence-electron chi connectivity index (χ4n) is 3.40. The van der Waals surface area contributed by atoms with Gasteiger partial charge in [0.2, 0.25) is 5.91 Å². The van der Waals surface area contributed by atoms with Crippen molar-refractivity contribution in [3.63, 3.8) is 0 Å². The minimum absolute atomic E-state index is 0.0963. The molecule has 1 N–H and O–H groups in total. The smallest absolute Gasteiger partial charge is 0.238 e. The lowest BCUT2D eigenvalue weighted by atomic mass is 10.0. The van der Waals surface area contributed by atoms with Gasteiger partial charge in [-0.2, -0.15) is 5.10 Å². The number of anilines is 1. The first-order chi connectivity index (χ1) is 14.5. The van der Waals surface area contributed by atoms with Crippen LogP contribution in [-0.4, -0.2) is 27.5 Å². The van der Waals surface area contributed by atoms with Crippen LogP contribution in [0.3, 0.4) is 0 Å². The van der Waals surface area contributed by atoms with Gasteiger partial charge in [-0.1, -0.05) is 18.1 Å². The Hall–Kier alpha value is -3.24. The molecule has 1 aromatic heterocycles. The summed E-state index contributed by atoms with van der Waals surface area (Å²) in [5.41, 5.74) is 3.44. The van der Waals surface area contributed by atoms with Gasteiger partial charge in [0, 0.05) is 5.56 Å². The molecular weight excluding hydrogens is 401 g/mol. The second-order valence-corrected chi connectivity index (χ2v) is 8.40. The van der Waals surface area contributed by atoms with Gasteiger partial charge in [-0.15, -0.1) is 18.2 Å². The molecule has 1 aliphatic heterocycles. The van der Waals surface area contributed by atoms with E-state index in [-0.39, 0.29) is 28.8 Å². The first kappa shape index (κ1) is 20.0. The van der Waals surface area contributed by atoms with E-state index >= 15 is 0 Å². The molecule has 0 saturated heterocycles. The molecule has 0 unspecified atom stereocenters. The standard InChI is InChI=1S/C23H20FN3O2S/c1-4-13-29-19-11-5-16(6-12-19)21-20-14(2)26-27(18-9-7-17(24)8-10-18)22(20)25-23(28)15(3)30-21/h1,5-12,15,21H,13H2,2-3H3,(H,25,28)/t15-,21+/m0/s1. The Bertz CT molecular complexity index is 1120. The highest BCUT2D eigenvalue weighted by atomic mass is 32.2. The van der Waals surface area contributed by atoms with Crippen molar-refractivity contribution >= 4 is 23.5 Å². The van der Waals surface area contributed by atoms with Crippen molar-refractivity contribution in [1.82, 2.24) is 9.78 Å². The summed E-state index contributed by atoms with van der Waals surface area (Å²) in [5.74, 6) is 3.33. The fourth-order valence-corrected chi connectivity index (χ4v) is 4.73. The molecule has 5 nitrogen and oxygen atoms in total. The highest BCUT2D eigenvalue weighted by Gasteiger charge is 2.34. The van der Waals surface area contributed by atoms with E-state index in [9.17, 15) is 9.18 Å². The van der Waals surface area contributed by atoms with Gasteiger partial charge in [0.25, 0.3) is 0 Å². The maximum Gasteiger partial charge on any atom is 0.238 e. The van der Waals surface area contributed by atoms with Crippen LogP contribution in [-0.2, 0) is 4.79 Å². The van der Waals surface area contributed by atoms with Gasteiger partial charge in [-0.05, 0) is 55.8 Å². The number of rotatable bonds is 4. The number of fused-ring (bicyclic) bond motifs is 1. The number of hydrogen-bond donors (Lipinski definition) is 1. The molecule has 2 heterocycles. The van der Waals surface area contributed by atoms with E-state index in [0.717, 1.165) is 16.8 Å². The van der Waals surface area contributed by atoms with Crippen molar-refractivity contribution in [2.45, 2.75) is 24.3 Å². The molecule has 1 amide bonds. The van der Waals surface area contributed by atoms with E-state index in [4.69, 9.17) is 11.2 Å². The summed E-state index contributed by atoms with van der Waals surface area (Å²) in [7, 11) is 0. The molecule has 0 bridgehead atoms. The van der Waals surface area contributed by atoms with E-state index in [2.05, 4.69) is 16.3 Å². The van der Waals surface area contributed by atoms with E-state index in [1.165, 1.54) is 12.1 Å². The van der Waals surface area contributed by atoms with Gasteiger partial charge in [0.1, 0.15) is 24.0 Å². The van der Waals surface area contributed by atoms with Crippen LogP contribution >= 0.6 is 11.8 Å². The molecule has 0 fully saturated rings. The Labute approximate surface area is 178 Å². The van der Waals surface area contributed by atoms with Crippen molar-refractivity contribution in [3.05, 3.63) is 71.2 Å². The molecule has 0 radical (unpaired) electrons. The zero-order valence-corrected chi connectivity index (χ0v) is 17.4. The van der Waals surface area contributed by atoms with Gasteiger partial charge in [-0.3, -0.25) is 4.79 Å². The molecule has 3 aromatic rings. The number of amides is 1. The number of terminal acetylenes is 1. The van der Waals surface area contributed by atoms with Crippen LogP contribution in [0, 0.1) is 25.1 Å². The summed E-state index contributed by atoms with van der Waals surface area (Å²) in [6.45, 7) is 4.01. The van der Waals surface area contributed by atoms with Gasteiger partial charge in [0.15, 0.2) is 0 Å². The van der Waals surface area contributed by atoms with Crippen LogP contribution in [0.15, 0.2) is 48.5 Å². The summed E-state index contributed by atoms with van der Waals surface area (Å²) in [4.78, 5) is 12.7. The third-order valence-corrected chi connectivity index (χ3v) is 6.30. The second kappa shape index (κ2) is 8.25. The summed E-state index contributed by atoms with van der Waals surface area (Å²) in [5, 5.41) is 7.29. The maximum absolute atomic E-state index is 13.4. The predicted octanol–water partition coefficient (Wildman–Crippen LogP) is 4.50. The molecule has 4 rings (SSSR count). The van der Waals surface area contributed by atoms with Crippen LogP contribution in [0.25, 0.3) is 5.69 Å². The van der Waals surface area contributed by atoms with Crippen LogP contribution in [0.1, 0.15) is 29.0 Å². The van der Waals surface area contributed by atoms with E-state index < -0.39 is 0 Å². The summed E-state index contributed by atoms with van der Waals surface area (Å²) < 4.78 is 20.5. The van der Waals surface area contributed by atoms with E-state index in [1.54, 1.807) is 28.6 Å². The number of hydrogen-bond acceptors (Lipinski definition) is 4. The van der Waals surface area contributed by atoms with Crippen molar-refractivity contribution in [1.29, 1.82) is 0 Å². The number of thioether (sulfide) groups is 1. The Balaban J connectivity index is 1.79. The number of carbonyl (C=O) groups excluding carboxylic acids is 1. The lowest BCUT2D eigenvalue weighted by molar-refractivity contribution is -0.115. The number of ether oxygens (including phenoxy) is 1. The van der Waals surface area contributed by atoms with Crippen molar-refractivity contribution in [3.8, 4) is 23.8 Å². The Kier molecular flexibility index (Phi) is 5.51. The Morgan fingerprint density at radius 1 is 1.23 bits per heavy atom.